The van der Waals surface area contributed by atoms with Gasteiger partial charge in [0.15, 0.2) is 0 Å². The van der Waals surface area contributed by atoms with E-state index in [0.29, 0.717) is 23.7 Å². The maximum absolute atomic E-state index is 12.4. The number of amides is 1. The molecule has 1 saturated carbocycles. The van der Waals surface area contributed by atoms with Crippen molar-refractivity contribution in [1.82, 2.24) is 0 Å². The first-order chi connectivity index (χ1) is 12.6. The van der Waals surface area contributed by atoms with Crippen LogP contribution in [0.25, 0.3) is 0 Å². The zero-order valence-corrected chi connectivity index (χ0v) is 14.1. The molecule has 0 spiro atoms. The van der Waals surface area contributed by atoms with Crippen molar-refractivity contribution in [3.63, 3.8) is 0 Å². The van der Waals surface area contributed by atoms with E-state index in [-0.39, 0.29) is 17.3 Å². The summed E-state index contributed by atoms with van der Waals surface area (Å²) in [6, 6.07) is 11.6. The number of rotatable bonds is 8. The fourth-order valence-corrected chi connectivity index (χ4v) is 2.42. The van der Waals surface area contributed by atoms with Gasteiger partial charge in [-0.1, -0.05) is 18.7 Å². The van der Waals surface area contributed by atoms with Gasteiger partial charge in [-0.05, 0) is 37.1 Å². The molecular formula is C19H19N3O4. The van der Waals surface area contributed by atoms with Crippen LogP contribution in [0.2, 0.25) is 0 Å². The van der Waals surface area contributed by atoms with Gasteiger partial charge in [-0.2, -0.15) is 0 Å². The maximum atomic E-state index is 12.4. The van der Waals surface area contributed by atoms with Crippen LogP contribution in [0.15, 0.2) is 55.1 Å². The highest BCUT2D eigenvalue weighted by molar-refractivity contribution is 6.05. The third-order valence-corrected chi connectivity index (χ3v) is 3.85. The highest BCUT2D eigenvalue weighted by atomic mass is 16.6. The molecule has 2 aromatic carbocycles. The van der Waals surface area contributed by atoms with Gasteiger partial charge in [0, 0.05) is 29.4 Å². The highest BCUT2D eigenvalue weighted by Crippen LogP contribution is 2.31. The average Bonchev–Trinajstić information content (AvgIpc) is 3.44. The first-order valence-electron chi connectivity index (χ1n) is 8.27. The lowest BCUT2D eigenvalue weighted by Gasteiger charge is -2.10. The number of carbonyl (C=O) groups excluding carboxylic acids is 1. The summed E-state index contributed by atoms with van der Waals surface area (Å²) in [4.78, 5) is 23.3. The van der Waals surface area contributed by atoms with E-state index < -0.39 is 10.8 Å². The van der Waals surface area contributed by atoms with Gasteiger partial charge in [0.25, 0.3) is 11.6 Å². The van der Waals surface area contributed by atoms with E-state index in [9.17, 15) is 14.9 Å². The summed E-state index contributed by atoms with van der Waals surface area (Å²) in [5.41, 5.74) is 1.09. The normalized spacial score (nSPS) is 12.9. The Hall–Kier alpha value is -3.35. The molecule has 26 heavy (non-hydrogen) atoms. The van der Waals surface area contributed by atoms with E-state index in [2.05, 4.69) is 17.2 Å². The van der Waals surface area contributed by atoms with Crippen LogP contribution in [0.4, 0.5) is 17.1 Å². The van der Waals surface area contributed by atoms with Crippen molar-refractivity contribution in [3.8, 4) is 5.75 Å². The minimum Gasteiger partial charge on any atom is -0.489 e. The van der Waals surface area contributed by atoms with Crippen molar-refractivity contribution in [2.45, 2.75) is 18.9 Å². The van der Waals surface area contributed by atoms with E-state index in [4.69, 9.17) is 4.74 Å². The lowest BCUT2D eigenvalue weighted by molar-refractivity contribution is -0.384. The molecule has 0 radical (unpaired) electrons. The van der Waals surface area contributed by atoms with Gasteiger partial charge >= 0.3 is 0 Å². The molecule has 1 amide bonds. The molecule has 1 fully saturated rings. The minimum absolute atomic E-state index is 0.104. The summed E-state index contributed by atoms with van der Waals surface area (Å²) in [5.74, 6) is 0.171. The van der Waals surface area contributed by atoms with Gasteiger partial charge in [0.05, 0.1) is 4.92 Å². The van der Waals surface area contributed by atoms with E-state index >= 15 is 0 Å². The number of hydrogen-bond acceptors (Lipinski definition) is 5. The molecule has 7 nitrogen and oxygen atoms in total. The van der Waals surface area contributed by atoms with Crippen molar-refractivity contribution in [3.05, 3.63) is 70.8 Å². The largest absolute Gasteiger partial charge is 0.489 e. The van der Waals surface area contributed by atoms with Gasteiger partial charge in [0.1, 0.15) is 18.0 Å². The Kier molecular flexibility index (Phi) is 5.17. The molecule has 134 valence electrons. The SMILES string of the molecule is C=CCOc1cccc(NC(=O)c2ccc(NC3CC3)c([N+](=O)[O-])c2)c1. The highest BCUT2D eigenvalue weighted by Gasteiger charge is 2.25. The number of benzene rings is 2. The summed E-state index contributed by atoms with van der Waals surface area (Å²) in [7, 11) is 0. The second-order valence-electron chi connectivity index (χ2n) is 5.99. The Morgan fingerprint density at radius 3 is 2.81 bits per heavy atom. The van der Waals surface area contributed by atoms with Crippen LogP contribution in [-0.2, 0) is 0 Å². The number of nitrogens with zero attached hydrogens (tertiary/aromatic N) is 1. The standard InChI is InChI=1S/C19H19N3O4/c1-2-10-26-16-5-3-4-15(12-16)21-19(23)13-6-9-17(20-14-7-8-14)18(11-13)22(24)25/h2-6,9,11-12,14,20H,1,7-8,10H2,(H,21,23). The molecule has 2 N–H and O–H groups in total. The van der Waals surface area contributed by atoms with Crippen molar-refractivity contribution >= 4 is 23.0 Å². The van der Waals surface area contributed by atoms with Crippen molar-refractivity contribution < 1.29 is 14.5 Å². The lowest BCUT2D eigenvalue weighted by atomic mass is 10.1. The molecular weight excluding hydrogens is 334 g/mol. The lowest BCUT2D eigenvalue weighted by Crippen LogP contribution is -2.13. The summed E-state index contributed by atoms with van der Waals surface area (Å²) >= 11 is 0. The second kappa shape index (κ2) is 7.69. The van der Waals surface area contributed by atoms with Crippen LogP contribution in [0, 0.1) is 10.1 Å². The molecule has 0 atom stereocenters. The molecule has 0 heterocycles. The Labute approximate surface area is 150 Å². The summed E-state index contributed by atoms with van der Waals surface area (Å²) < 4.78 is 5.43. The smallest absolute Gasteiger partial charge is 0.293 e. The first kappa shape index (κ1) is 17.5. The van der Waals surface area contributed by atoms with E-state index in [1.807, 2.05) is 0 Å². The van der Waals surface area contributed by atoms with Crippen LogP contribution in [-0.4, -0.2) is 23.5 Å². The number of nitrogens with one attached hydrogen (secondary N) is 2. The number of nitro benzene ring substituents is 1. The minimum atomic E-state index is -0.481. The second-order valence-corrected chi connectivity index (χ2v) is 5.99. The van der Waals surface area contributed by atoms with Crippen LogP contribution in [0.3, 0.4) is 0 Å². The molecule has 0 aliphatic heterocycles. The topological polar surface area (TPSA) is 93.5 Å². The molecule has 2 aromatic rings. The number of hydrogen-bond donors (Lipinski definition) is 2. The van der Waals surface area contributed by atoms with Gasteiger partial charge < -0.3 is 15.4 Å². The maximum Gasteiger partial charge on any atom is 0.293 e. The quantitative estimate of drug-likeness (QED) is 0.425. The molecule has 0 unspecified atom stereocenters. The van der Waals surface area contributed by atoms with E-state index in [1.165, 1.54) is 6.07 Å². The Morgan fingerprint density at radius 2 is 2.12 bits per heavy atom. The predicted octanol–water partition coefficient (Wildman–Crippen LogP) is 3.99. The number of anilines is 2. The summed E-state index contributed by atoms with van der Waals surface area (Å²) in [6.07, 6.45) is 3.63. The molecule has 1 aliphatic rings. The molecule has 0 aromatic heterocycles. The predicted molar refractivity (Wildman–Crippen MR) is 99.8 cm³/mol. The zero-order chi connectivity index (χ0) is 18.5. The van der Waals surface area contributed by atoms with Gasteiger partial charge in [-0.15, -0.1) is 0 Å². The van der Waals surface area contributed by atoms with Crippen molar-refractivity contribution in [1.29, 1.82) is 0 Å². The first-order valence-corrected chi connectivity index (χ1v) is 8.27. The Morgan fingerprint density at radius 1 is 1.31 bits per heavy atom. The molecule has 0 saturated heterocycles. The molecule has 0 bridgehead atoms. The molecule has 1 aliphatic carbocycles. The average molecular weight is 353 g/mol. The Balaban J connectivity index is 1.75. The molecule has 3 rings (SSSR count). The summed E-state index contributed by atoms with van der Waals surface area (Å²) in [5, 5.41) is 17.1. The third kappa shape index (κ3) is 4.38. The zero-order valence-electron chi connectivity index (χ0n) is 14.1. The monoisotopic (exact) mass is 353 g/mol. The van der Waals surface area contributed by atoms with Crippen LogP contribution in [0.5, 0.6) is 5.75 Å². The van der Waals surface area contributed by atoms with Crippen LogP contribution < -0.4 is 15.4 Å². The van der Waals surface area contributed by atoms with Crippen molar-refractivity contribution in [2.75, 3.05) is 17.2 Å². The Bertz CT molecular complexity index is 846. The fourth-order valence-electron chi connectivity index (χ4n) is 2.42. The van der Waals surface area contributed by atoms with Gasteiger partial charge in [-0.25, -0.2) is 0 Å². The molecule has 7 heteroatoms. The van der Waals surface area contributed by atoms with Gasteiger partial charge in [-0.3, -0.25) is 14.9 Å². The fraction of sp³-hybridized carbons (Fsp3) is 0.211. The van der Waals surface area contributed by atoms with E-state index in [0.717, 1.165) is 12.8 Å². The van der Waals surface area contributed by atoms with Crippen LogP contribution in [0.1, 0.15) is 23.2 Å². The number of carbonyl (C=O) groups is 1. The van der Waals surface area contributed by atoms with E-state index in [1.54, 1.807) is 42.5 Å². The number of ether oxygens (including phenoxy) is 1. The van der Waals surface area contributed by atoms with Gasteiger partial charge in [0.2, 0.25) is 0 Å². The number of nitro groups is 1. The van der Waals surface area contributed by atoms with Crippen molar-refractivity contribution in [2.24, 2.45) is 0 Å². The third-order valence-electron chi connectivity index (χ3n) is 3.85. The summed E-state index contributed by atoms with van der Waals surface area (Å²) in [6.45, 7) is 3.94. The van der Waals surface area contributed by atoms with Crippen LogP contribution >= 0.6 is 0 Å².